The van der Waals surface area contributed by atoms with Crippen LogP contribution < -0.4 is 5.32 Å². The first kappa shape index (κ1) is 15.8. The molecule has 0 aliphatic carbocycles. The van der Waals surface area contributed by atoms with E-state index in [0.29, 0.717) is 12.5 Å². The van der Waals surface area contributed by atoms with Gasteiger partial charge in [-0.3, -0.25) is 4.79 Å². The lowest BCUT2D eigenvalue weighted by Gasteiger charge is -2.19. The lowest BCUT2D eigenvalue weighted by atomic mass is 9.99. The summed E-state index contributed by atoms with van der Waals surface area (Å²) in [4.78, 5) is 11.8. The number of carbonyl (C=O) groups excluding carboxylic acids is 1. The summed E-state index contributed by atoms with van der Waals surface area (Å²) in [6, 6.07) is 3.26. The number of carbonyl (C=O) groups is 1. The van der Waals surface area contributed by atoms with Crippen LogP contribution in [0, 0.1) is 11.7 Å². The molecule has 5 heteroatoms. The van der Waals surface area contributed by atoms with Crippen LogP contribution >= 0.6 is 11.6 Å². The Morgan fingerprint density at radius 1 is 1.42 bits per heavy atom. The van der Waals surface area contributed by atoms with E-state index in [0.717, 1.165) is 31.0 Å². The van der Waals surface area contributed by atoms with Crippen LogP contribution in [0.15, 0.2) is 18.2 Å². The number of rotatable bonds is 6. The van der Waals surface area contributed by atoms with Gasteiger partial charge in [-0.1, -0.05) is 26.7 Å². The third-order valence-electron chi connectivity index (χ3n) is 3.22. The van der Waals surface area contributed by atoms with Crippen LogP contribution in [-0.2, 0) is 0 Å². The Bertz CT molecular complexity index is 435. The third kappa shape index (κ3) is 4.39. The lowest BCUT2D eigenvalue weighted by Crippen LogP contribution is -2.33. The number of halogens is 2. The minimum absolute atomic E-state index is 0.0755. The maximum Gasteiger partial charge on any atom is 0.255 e. The van der Waals surface area contributed by atoms with E-state index in [4.69, 9.17) is 11.6 Å². The second-order valence-electron chi connectivity index (χ2n) is 4.46. The molecule has 0 spiro atoms. The van der Waals surface area contributed by atoms with Crippen LogP contribution in [0.25, 0.3) is 0 Å². The quantitative estimate of drug-likeness (QED) is 0.789. The Morgan fingerprint density at radius 3 is 2.63 bits per heavy atom. The smallest absolute Gasteiger partial charge is 0.255 e. The molecule has 1 atom stereocenters. The molecule has 1 rings (SSSR count). The van der Waals surface area contributed by atoms with Crippen molar-refractivity contribution < 1.29 is 14.3 Å². The van der Waals surface area contributed by atoms with Crippen molar-refractivity contribution in [1.82, 2.24) is 5.32 Å². The highest BCUT2D eigenvalue weighted by atomic mass is 35.5. The van der Waals surface area contributed by atoms with Crippen molar-refractivity contribution >= 4 is 17.5 Å². The van der Waals surface area contributed by atoms with Gasteiger partial charge in [0.05, 0.1) is 10.9 Å². The average Bonchev–Trinajstić information content (AvgIpc) is 2.40. The number of benzene rings is 1. The highest BCUT2D eigenvalue weighted by Gasteiger charge is 2.18. The van der Waals surface area contributed by atoms with Gasteiger partial charge in [-0.05, 0) is 24.1 Å². The van der Waals surface area contributed by atoms with Crippen LogP contribution in [0.1, 0.15) is 37.0 Å². The van der Waals surface area contributed by atoms with Crippen molar-refractivity contribution in [2.24, 2.45) is 5.92 Å². The number of amides is 1. The summed E-state index contributed by atoms with van der Waals surface area (Å²) in [6.45, 7) is 4.39. The normalized spacial score (nSPS) is 12.5. The summed E-state index contributed by atoms with van der Waals surface area (Å²) >= 11 is 6.20. The first-order valence-corrected chi connectivity index (χ1v) is 6.84. The third-order valence-corrected chi connectivity index (χ3v) is 3.73. The van der Waals surface area contributed by atoms with E-state index in [1.807, 2.05) is 13.8 Å². The largest absolute Gasteiger partial charge is 0.507 e. The monoisotopic (exact) mass is 287 g/mol. The molecule has 0 radical (unpaired) electrons. The molecule has 19 heavy (non-hydrogen) atoms. The van der Waals surface area contributed by atoms with E-state index < -0.39 is 11.7 Å². The molecule has 1 aromatic carbocycles. The fourth-order valence-electron chi connectivity index (χ4n) is 1.94. The van der Waals surface area contributed by atoms with E-state index >= 15 is 0 Å². The molecule has 0 aromatic heterocycles. The van der Waals surface area contributed by atoms with Crippen LogP contribution in [0.5, 0.6) is 5.75 Å². The number of phenolic OH excluding ortho intramolecular Hbond substituents is 1. The molecule has 1 amide bonds. The van der Waals surface area contributed by atoms with Gasteiger partial charge in [0.15, 0.2) is 0 Å². The van der Waals surface area contributed by atoms with Crippen molar-refractivity contribution in [3.63, 3.8) is 0 Å². The minimum atomic E-state index is -0.564. The first-order valence-electron chi connectivity index (χ1n) is 6.40. The first-order chi connectivity index (χ1) is 8.99. The molecule has 0 bridgehead atoms. The van der Waals surface area contributed by atoms with Gasteiger partial charge in [-0.25, -0.2) is 4.39 Å². The highest BCUT2D eigenvalue weighted by Crippen LogP contribution is 2.20. The summed E-state index contributed by atoms with van der Waals surface area (Å²) in [5.41, 5.74) is -0.0755. The molecular formula is C14H19ClFNO2. The van der Waals surface area contributed by atoms with Crippen molar-refractivity contribution in [3.8, 4) is 5.75 Å². The van der Waals surface area contributed by atoms with Gasteiger partial charge in [0.1, 0.15) is 11.6 Å². The number of alkyl halides is 1. The van der Waals surface area contributed by atoms with E-state index in [9.17, 15) is 14.3 Å². The van der Waals surface area contributed by atoms with Crippen LogP contribution in [0.4, 0.5) is 4.39 Å². The number of phenols is 1. The second-order valence-corrected chi connectivity index (χ2v) is 5.02. The van der Waals surface area contributed by atoms with Gasteiger partial charge in [0, 0.05) is 6.54 Å². The Kier molecular flexibility index (Phi) is 6.09. The summed E-state index contributed by atoms with van der Waals surface area (Å²) in [6.07, 6.45) is 1.87. The Balaban J connectivity index is 2.63. The number of nitrogens with one attached hydrogen (secondary N) is 1. The van der Waals surface area contributed by atoms with Gasteiger partial charge in [-0.2, -0.15) is 0 Å². The van der Waals surface area contributed by atoms with Crippen LogP contribution in [-0.4, -0.2) is 22.9 Å². The molecule has 0 heterocycles. The zero-order valence-corrected chi connectivity index (χ0v) is 11.9. The average molecular weight is 288 g/mol. The van der Waals surface area contributed by atoms with Crippen molar-refractivity contribution in [3.05, 3.63) is 29.6 Å². The Hall–Kier alpha value is -1.29. The van der Waals surface area contributed by atoms with Gasteiger partial charge >= 0.3 is 0 Å². The summed E-state index contributed by atoms with van der Waals surface area (Å²) in [5.74, 6) is -1.00. The van der Waals surface area contributed by atoms with Crippen LogP contribution in [0.3, 0.4) is 0 Å². The molecule has 2 N–H and O–H groups in total. The summed E-state index contributed by atoms with van der Waals surface area (Å²) < 4.78 is 13.0. The number of hydrogen-bond donors (Lipinski definition) is 2. The molecule has 0 aliphatic rings. The molecule has 1 unspecified atom stereocenters. The maximum absolute atomic E-state index is 13.0. The van der Waals surface area contributed by atoms with E-state index in [1.165, 1.54) is 0 Å². The van der Waals surface area contributed by atoms with Crippen molar-refractivity contribution in [2.45, 2.75) is 32.1 Å². The fraction of sp³-hybridized carbons (Fsp3) is 0.500. The Morgan fingerprint density at radius 2 is 2.05 bits per heavy atom. The summed E-state index contributed by atoms with van der Waals surface area (Å²) in [7, 11) is 0. The molecule has 0 saturated carbocycles. The van der Waals surface area contributed by atoms with E-state index in [2.05, 4.69) is 5.32 Å². The second kappa shape index (κ2) is 7.34. The van der Waals surface area contributed by atoms with Gasteiger partial charge in [0.2, 0.25) is 0 Å². The number of hydrogen-bond acceptors (Lipinski definition) is 2. The standard InChI is InChI=1S/C14H19ClFNO2/c1-3-9(4-2)12(15)8-17-14(19)11-7-10(16)5-6-13(11)18/h5-7,9,12,18H,3-4,8H2,1-2H3,(H,17,19). The zero-order valence-electron chi connectivity index (χ0n) is 11.1. The minimum Gasteiger partial charge on any atom is -0.507 e. The molecule has 0 saturated heterocycles. The topological polar surface area (TPSA) is 49.3 Å². The van der Waals surface area contributed by atoms with Crippen LogP contribution in [0.2, 0.25) is 0 Å². The molecule has 106 valence electrons. The van der Waals surface area contributed by atoms with Gasteiger partial charge < -0.3 is 10.4 Å². The van der Waals surface area contributed by atoms with Crippen molar-refractivity contribution in [1.29, 1.82) is 0 Å². The zero-order chi connectivity index (χ0) is 14.4. The molecular weight excluding hydrogens is 269 g/mol. The van der Waals surface area contributed by atoms with Crippen molar-refractivity contribution in [2.75, 3.05) is 6.54 Å². The SMILES string of the molecule is CCC(CC)C(Cl)CNC(=O)c1cc(F)ccc1O. The Labute approximate surface area is 117 Å². The maximum atomic E-state index is 13.0. The molecule has 1 aromatic rings. The predicted molar refractivity (Wildman–Crippen MR) is 74.1 cm³/mol. The molecule has 0 aliphatic heterocycles. The van der Waals surface area contributed by atoms with E-state index in [-0.39, 0.29) is 16.7 Å². The number of aromatic hydroxyl groups is 1. The predicted octanol–water partition coefficient (Wildman–Crippen LogP) is 3.30. The lowest BCUT2D eigenvalue weighted by molar-refractivity contribution is 0.0948. The van der Waals surface area contributed by atoms with E-state index in [1.54, 1.807) is 0 Å². The highest BCUT2D eigenvalue weighted by molar-refractivity contribution is 6.21. The van der Waals surface area contributed by atoms with Gasteiger partial charge in [0.25, 0.3) is 5.91 Å². The fourth-order valence-corrected chi connectivity index (χ4v) is 2.38. The molecule has 3 nitrogen and oxygen atoms in total. The molecule has 0 fully saturated rings. The summed E-state index contributed by atoms with van der Waals surface area (Å²) in [5, 5.41) is 12.0. The van der Waals surface area contributed by atoms with Gasteiger partial charge in [-0.15, -0.1) is 11.6 Å².